The molecule has 1 unspecified atom stereocenters. The zero-order valence-electron chi connectivity index (χ0n) is 19.0. The van der Waals surface area contributed by atoms with Crippen LogP contribution in [0.3, 0.4) is 0 Å². The Morgan fingerprint density at radius 1 is 0.576 bits per heavy atom. The first-order valence-corrected chi connectivity index (χ1v) is 13.8. The van der Waals surface area contributed by atoms with Crippen LogP contribution in [0.15, 0.2) is 103 Å². The van der Waals surface area contributed by atoms with Gasteiger partial charge < -0.3 is 0 Å². The molecule has 0 aromatic heterocycles. The Labute approximate surface area is 204 Å². The Morgan fingerprint density at radius 2 is 0.939 bits per heavy atom. The average molecular weight is 523 g/mol. The van der Waals surface area contributed by atoms with Crippen molar-refractivity contribution in [1.29, 1.82) is 0 Å². The fourth-order valence-corrected chi connectivity index (χ4v) is 11.9. The summed E-state index contributed by atoms with van der Waals surface area (Å²) in [5.74, 6) is 1.89. The molecule has 0 aliphatic heterocycles. The molecule has 4 aromatic rings. The second kappa shape index (κ2) is 10.4. The van der Waals surface area contributed by atoms with Gasteiger partial charge in [0.15, 0.2) is 0 Å². The number of hydrogen-bond donors (Lipinski definition) is 0. The van der Waals surface area contributed by atoms with Crippen LogP contribution in [0.25, 0.3) is 0 Å². The first-order chi connectivity index (χ1) is 16.2. The zero-order valence-corrected chi connectivity index (χ0v) is 21.6. The Hall–Kier alpha value is -2.81. The molecule has 0 spiro atoms. The first-order valence-electron chi connectivity index (χ1n) is 10.8. The minimum absolute atomic E-state index is 0.00842. The van der Waals surface area contributed by atoms with Gasteiger partial charge in [0.1, 0.15) is 0 Å². The number of methoxy groups -OCH3 is 3. The van der Waals surface area contributed by atoms with Gasteiger partial charge >= 0.3 is 205 Å². The number of rotatable bonds is 8. The summed E-state index contributed by atoms with van der Waals surface area (Å²) >= 11 is 4.20. The van der Waals surface area contributed by atoms with E-state index in [1.165, 1.54) is 15.9 Å². The van der Waals surface area contributed by atoms with Crippen molar-refractivity contribution in [2.75, 3.05) is 21.3 Å². The molecule has 33 heavy (non-hydrogen) atoms. The standard InChI is InChI=1S/C28H28BrO3P/c1-30-25-19-21(20-26(31-2)27(25)32-3)28(29)33(22-13-7-4-8-14-22,23-15-9-5-10-16-23)24-17-11-6-12-18-24/h4-20,28,33H,1-3H3. The Balaban J connectivity index is 2.06. The van der Waals surface area contributed by atoms with Gasteiger partial charge in [-0.2, -0.15) is 0 Å². The van der Waals surface area contributed by atoms with Crippen LogP contribution in [0.1, 0.15) is 10.1 Å². The molecule has 0 aliphatic carbocycles. The molecule has 0 aliphatic rings. The van der Waals surface area contributed by atoms with Crippen molar-refractivity contribution in [3.8, 4) is 17.2 Å². The molecule has 170 valence electrons. The third-order valence-electron chi connectivity index (χ3n) is 6.05. The summed E-state index contributed by atoms with van der Waals surface area (Å²) in [5, 5.41) is 3.95. The van der Waals surface area contributed by atoms with Gasteiger partial charge in [0.25, 0.3) is 0 Å². The zero-order chi connectivity index (χ0) is 23.3. The summed E-state index contributed by atoms with van der Waals surface area (Å²) in [6.45, 7) is 0. The Morgan fingerprint density at radius 3 is 1.24 bits per heavy atom. The van der Waals surface area contributed by atoms with Gasteiger partial charge in [0.05, 0.1) is 0 Å². The predicted molar refractivity (Wildman–Crippen MR) is 144 cm³/mol. The number of ether oxygens (including phenoxy) is 3. The molecule has 0 bridgehead atoms. The van der Waals surface area contributed by atoms with E-state index in [0.717, 1.165) is 5.56 Å². The molecule has 0 fully saturated rings. The van der Waals surface area contributed by atoms with Gasteiger partial charge in [-0.1, -0.05) is 0 Å². The molecule has 4 aromatic carbocycles. The summed E-state index contributed by atoms with van der Waals surface area (Å²) in [5.41, 5.74) is 1.08. The number of alkyl halides is 1. The van der Waals surface area contributed by atoms with E-state index in [9.17, 15) is 0 Å². The van der Waals surface area contributed by atoms with Gasteiger partial charge in [-0.25, -0.2) is 0 Å². The molecule has 4 rings (SSSR count). The molecule has 0 saturated carbocycles. The van der Waals surface area contributed by atoms with E-state index < -0.39 is 7.26 Å². The monoisotopic (exact) mass is 522 g/mol. The van der Waals surface area contributed by atoms with Crippen LogP contribution < -0.4 is 30.1 Å². The van der Waals surface area contributed by atoms with Gasteiger partial charge in [0.2, 0.25) is 0 Å². The molecule has 3 nitrogen and oxygen atoms in total. The summed E-state index contributed by atoms with van der Waals surface area (Å²) in [6, 6.07) is 36.5. The second-order valence-electron chi connectivity index (χ2n) is 7.73. The number of benzene rings is 4. The molecular formula is C28H28BrO3P. The SMILES string of the molecule is COc1cc(C(Br)[PH](c2ccccc2)(c2ccccc2)c2ccccc2)cc(OC)c1OC. The minimum atomic E-state index is -2.60. The van der Waals surface area contributed by atoms with Crippen molar-refractivity contribution < 1.29 is 14.2 Å². The second-order valence-corrected chi connectivity index (χ2v) is 13.4. The quantitative estimate of drug-likeness (QED) is 0.215. The Kier molecular flexibility index (Phi) is 7.37. The van der Waals surface area contributed by atoms with E-state index in [2.05, 4.69) is 119 Å². The van der Waals surface area contributed by atoms with Crippen molar-refractivity contribution in [2.24, 2.45) is 0 Å². The molecule has 0 saturated heterocycles. The van der Waals surface area contributed by atoms with Crippen molar-refractivity contribution in [1.82, 2.24) is 0 Å². The number of halogens is 1. The summed E-state index contributed by atoms with van der Waals surface area (Å²) in [7, 11) is 2.33. The Bertz CT molecular complexity index is 1060. The van der Waals surface area contributed by atoms with Crippen LogP contribution in [-0.4, -0.2) is 21.3 Å². The maximum atomic E-state index is 5.69. The van der Waals surface area contributed by atoms with Crippen LogP contribution in [0, 0.1) is 0 Å². The molecular weight excluding hydrogens is 495 g/mol. The van der Waals surface area contributed by atoms with Crippen molar-refractivity contribution in [3.05, 3.63) is 109 Å². The summed E-state index contributed by atoms with van der Waals surface area (Å²) in [4.78, 5) is 0. The molecule has 5 heteroatoms. The molecule has 1 atom stereocenters. The van der Waals surface area contributed by atoms with E-state index in [-0.39, 0.29) is 4.57 Å². The van der Waals surface area contributed by atoms with Crippen molar-refractivity contribution in [2.45, 2.75) is 4.57 Å². The van der Waals surface area contributed by atoms with Crippen LogP contribution in [0.4, 0.5) is 0 Å². The van der Waals surface area contributed by atoms with E-state index in [1.54, 1.807) is 21.3 Å². The maximum absolute atomic E-state index is 5.69. The van der Waals surface area contributed by atoms with E-state index in [0.29, 0.717) is 17.2 Å². The van der Waals surface area contributed by atoms with Crippen LogP contribution in [0.2, 0.25) is 0 Å². The number of hydrogen-bond acceptors (Lipinski definition) is 3. The van der Waals surface area contributed by atoms with Gasteiger partial charge in [-0.05, 0) is 0 Å². The fourth-order valence-electron chi connectivity index (χ4n) is 4.54. The van der Waals surface area contributed by atoms with E-state index in [4.69, 9.17) is 14.2 Å². The van der Waals surface area contributed by atoms with Gasteiger partial charge in [-0.15, -0.1) is 0 Å². The molecule has 0 radical (unpaired) electrons. The third-order valence-corrected chi connectivity index (χ3v) is 13.5. The van der Waals surface area contributed by atoms with E-state index >= 15 is 0 Å². The molecule has 0 heterocycles. The van der Waals surface area contributed by atoms with Crippen LogP contribution >= 0.6 is 23.2 Å². The molecule has 0 N–H and O–H groups in total. The summed E-state index contributed by atoms with van der Waals surface area (Å²) in [6.07, 6.45) is 0. The van der Waals surface area contributed by atoms with E-state index in [1.807, 2.05) is 0 Å². The first kappa shape index (κ1) is 23.4. The topological polar surface area (TPSA) is 27.7 Å². The van der Waals surface area contributed by atoms with Gasteiger partial charge in [0, 0.05) is 0 Å². The van der Waals surface area contributed by atoms with Crippen molar-refractivity contribution >= 4 is 39.1 Å². The average Bonchev–Trinajstić information content (AvgIpc) is 2.90. The van der Waals surface area contributed by atoms with Crippen LogP contribution in [-0.2, 0) is 0 Å². The predicted octanol–water partition coefficient (Wildman–Crippen LogP) is 5.83. The van der Waals surface area contributed by atoms with Crippen molar-refractivity contribution in [3.63, 3.8) is 0 Å². The normalized spacial score (nSPS) is 12.6. The third kappa shape index (κ3) is 4.26. The fraction of sp³-hybridized carbons (Fsp3) is 0.143. The summed E-state index contributed by atoms with van der Waals surface area (Å²) < 4.78 is 16.9. The van der Waals surface area contributed by atoms with Gasteiger partial charge in [-0.3, -0.25) is 0 Å². The molecule has 0 amide bonds. The van der Waals surface area contributed by atoms with Crippen LogP contribution in [0.5, 0.6) is 17.2 Å².